The monoisotopic (exact) mass is 406 g/mol. The fraction of sp³-hybridized carbons (Fsp3) is 0.435. The maximum atomic E-state index is 11.7. The number of carbonyl (C=O) groups excluding carboxylic acids is 1. The number of hydrogen-bond acceptors (Lipinski definition) is 7. The molecule has 0 spiro atoms. The second-order valence-electron chi connectivity index (χ2n) is 8.59. The third-order valence-corrected chi connectivity index (χ3v) is 6.22. The molecule has 2 N–H and O–H groups in total. The molecule has 0 bridgehead atoms. The van der Waals surface area contributed by atoms with Gasteiger partial charge in [-0.2, -0.15) is 5.26 Å². The van der Waals surface area contributed by atoms with E-state index in [0.29, 0.717) is 17.7 Å². The second kappa shape index (κ2) is 8.05. The van der Waals surface area contributed by atoms with E-state index in [9.17, 15) is 9.90 Å². The van der Waals surface area contributed by atoms with Gasteiger partial charge in [-0.25, -0.2) is 9.78 Å². The van der Waals surface area contributed by atoms with Gasteiger partial charge >= 0.3 is 5.97 Å². The summed E-state index contributed by atoms with van der Waals surface area (Å²) in [5.74, 6) is 0.480. The Bertz CT molecular complexity index is 999. The zero-order valence-corrected chi connectivity index (χ0v) is 17.3. The number of esters is 1. The van der Waals surface area contributed by atoms with E-state index in [-0.39, 0.29) is 18.0 Å². The number of aliphatic hydroxyl groups is 1. The van der Waals surface area contributed by atoms with Crippen molar-refractivity contribution in [3.05, 3.63) is 58.3 Å². The molecular weight excluding hydrogens is 380 g/mol. The Morgan fingerprint density at radius 1 is 1.40 bits per heavy atom. The number of fused-ring (bicyclic) bond motifs is 1. The van der Waals surface area contributed by atoms with Crippen LogP contribution in [0.2, 0.25) is 0 Å². The number of anilines is 1. The SMILES string of the molecule is Cc1c([C@@H](O)CN2CCC(C)(CNc3ccc(C#N)cn3)C2)ccc2c1COC2=O. The van der Waals surface area contributed by atoms with Crippen molar-refractivity contribution < 1.29 is 14.6 Å². The highest BCUT2D eigenvalue weighted by Crippen LogP contribution is 2.33. The van der Waals surface area contributed by atoms with Crippen LogP contribution in [-0.2, 0) is 11.3 Å². The van der Waals surface area contributed by atoms with Crippen LogP contribution in [0.15, 0.2) is 30.5 Å². The Labute approximate surface area is 176 Å². The molecule has 4 rings (SSSR count). The number of rotatable bonds is 6. The number of hydrogen-bond donors (Lipinski definition) is 2. The van der Waals surface area contributed by atoms with Crippen molar-refractivity contribution >= 4 is 11.8 Å². The van der Waals surface area contributed by atoms with Crippen molar-refractivity contribution in [2.24, 2.45) is 5.41 Å². The van der Waals surface area contributed by atoms with Gasteiger partial charge in [-0.3, -0.25) is 4.90 Å². The number of likely N-dealkylation sites (tertiary alicyclic amines) is 1. The quantitative estimate of drug-likeness (QED) is 0.712. The first-order valence-electron chi connectivity index (χ1n) is 10.2. The van der Waals surface area contributed by atoms with Gasteiger partial charge in [0.25, 0.3) is 0 Å². The third kappa shape index (κ3) is 4.02. The van der Waals surface area contributed by atoms with Crippen molar-refractivity contribution in [3.63, 3.8) is 0 Å². The first-order valence-corrected chi connectivity index (χ1v) is 10.2. The normalized spacial score (nSPS) is 21.7. The standard InChI is InChI=1S/C23H26N4O3/c1-15-17(4-5-18-19(15)12-30-22(18)29)20(28)11-27-8-7-23(2,14-27)13-26-21-6-3-16(9-24)10-25-21/h3-6,10,20,28H,7-8,11-14H2,1-2H3,(H,25,26)/t20-,23?/m0/s1. The smallest absolute Gasteiger partial charge is 0.338 e. The van der Waals surface area contributed by atoms with E-state index in [1.54, 1.807) is 18.3 Å². The number of nitriles is 1. The summed E-state index contributed by atoms with van der Waals surface area (Å²) < 4.78 is 5.12. The van der Waals surface area contributed by atoms with Crippen LogP contribution < -0.4 is 5.32 Å². The highest BCUT2D eigenvalue weighted by atomic mass is 16.5. The molecule has 7 heteroatoms. The van der Waals surface area contributed by atoms with E-state index < -0.39 is 6.10 Å². The summed E-state index contributed by atoms with van der Waals surface area (Å²) in [7, 11) is 0. The molecule has 3 heterocycles. The van der Waals surface area contributed by atoms with E-state index in [2.05, 4.69) is 28.2 Å². The molecule has 30 heavy (non-hydrogen) atoms. The average Bonchev–Trinajstić information content (AvgIpc) is 3.30. The van der Waals surface area contributed by atoms with E-state index in [1.165, 1.54) is 0 Å². The summed E-state index contributed by atoms with van der Waals surface area (Å²) in [6.07, 6.45) is 1.98. The van der Waals surface area contributed by atoms with Crippen LogP contribution in [0.25, 0.3) is 0 Å². The number of nitrogens with one attached hydrogen (secondary N) is 1. The molecule has 0 aliphatic carbocycles. The summed E-state index contributed by atoms with van der Waals surface area (Å²) in [6.45, 7) is 7.59. The molecule has 156 valence electrons. The van der Waals surface area contributed by atoms with Crippen molar-refractivity contribution in [1.82, 2.24) is 9.88 Å². The summed E-state index contributed by atoms with van der Waals surface area (Å²) >= 11 is 0. The van der Waals surface area contributed by atoms with Gasteiger partial charge in [0, 0.05) is 31.4 Å². The molecule has 2 aromatic rings. The molecule has 0 saturated carbocycles. The number of cyclic esters (lactones) is 1. The zero-order valence-electron chi connectivity index (χ0n) is 17.3. The maximum absolute atomic E-state index is 11.7. The number of β-amino-alcohol motifs (C(OH)–C–C–N with tert-alkyl or cyclic N) is 1. The summed E-state index contributed by atoms with van der Waals surface area (Å²) in [5, 5.41) is 23.1. The van der Waals surface area contributed by atoms with Crippen LogP contribution in [0, 0.1) is 23.7 Å². The fourth-order valence-electron chi connectivity index (χ4n) is 4.37. The number of carbonyl (C=O) groups is 1. The van der Waals surface area contributed by atoms with Gasteiger partial charge in [0.2, 0.25) is 0 Å². The lowest BCUT2D eigenvalue weighted by atomic mass is 9.90. The van der Waals surface area contributed by atoms with E-state index in [1.807, 2.05) is 19.1 Å². The number of ether oxygens (including phenoxy) is 1. The van der Waals surface area contributed by atoms with Gasteiger partial charge in [-0.15, -0.1) is 0 Å². The molecule has 1 aromatic heterocycles. The van der Waals surface area contributed by atoms with Gasteiger partial charge < -0.3 is 15.2 Å². The number of pyridine rings is 1. The van der Waals surface area contributed by atoms with Gasteiger partial charge in [-0.1, -0.05) is 13.0 Å². The molecule has 0 amide bonds. The lowest BCUT2D eigenvalue weighted by Crippen LogP contribution is -2.33. The van der Waals surface area contributed by atoms with E-state index >= 15 is 0 Å². The molecule has 1 saturated heterocycles. The van der Waals surface area contributed by atoms with Crippen molar-refractivity contribution in [2.45, 2.75) is 33.0 Å². The van der Waals surface area contributed by atoms with Crippen LogP contribution >= 0.6 is 0 Å². The molecule has 2 aliphatic heterocycles. The third-order valence-electron chi connectivity index (χ3n) is 6.22. The van der Waals surface area contributed by atoms with Crippen molar-refractivity contribution in [3.8, 4) is 6.07 Å². The molecule has 7 nitrogen and oxygen atoms in total. The van der Waals surface area contributed by atoms with Crippen LogP contribution in [0.4, 0.5) is 5.82 Å². The molecule has 2 atom stereocenters. The minimum atomic E-state index is -0.610. The first-order chi connectivity index (χ1) is 14.4. The van der Waals surface area contributed by atoms with Crippen LogP contribution in [0.3, 0.4) is 0 Å². The van der Waals surface area contributed by atoms with Gasteiger partial charge in [-0.05, 0) is 54.6 Å². The van der Waals surface area contributed by atoms with Gasteiger partial charge in [0.15, 0.2) is 0 Å². The molecule has 1 unspecified atom stereocenters. The Hall–Kier alpha value is -2.95. The number of nitrogens with zero attached hydrogens (tertiary/aromatic N) is 3. The molecule has 1 aromatic carbocycles. The maximum Gasteiger partial charge on any atom is 0.338 e. The average molecular weight is 406 g/mol. The second-order valence-corrected chi connectivity index (χ2v) is 8.59. The Morgan fingerprint density at radius 2 is 2.23 bits per heavy atom. The topological polar surface area (TPSA) is 98.5 Å². The molecule has 2 aliphatic rings. The largest absolute Gasteiger partial charge is 0.457 e. The number of benzene rings is 1. The highest BCUT2D eigenvalue weighted by molar-refractivity contribution is 5.93. The van der Waals surface area contributed by atoms with Crippen LogP contribution in [0.1, 0.15) is 52.1 Å². The van der Waals surface area contributed by atoms with Crippen molar-refractivity contribution in [1.29, 1.82) is 5.26 Å². The Morgan fingerprint density at radius 3 is 2.97 bits per heavy atom. The lowest BCUT2D eigenvalue weighted by molar-refractivity contribution is 0.0535. The molecule has 1 fully saturated rings. The number of aromatic nitrogens is 1. The Balaban J connectivity index is 1.35. The Kier molecular flexibility index (Phi) is 5.46. The zero-order chi connectivity index (χ0) is 21.3. The minimum Gasteiger partial charge on any atom is -0.457 e. The highest BCUT2D eigenvalue weighted by Gasteiger charge is 2.35. The van der Waals surface area contributed by atoms with Crippen molar-refractivity contribution in [2.75, 3.05) is 31.5 Å². The molecular formula is C23H26N4O3. The summed E-state index contributed by atoms with van der Waals surface area (Å²) in [6, 6.07) is 9.26. The minimum absolute atomic E-state index is 0.0720. The predicted octanol–water partition coefficient (Wildman–Crippen LogP) is 2.79. The summed E-state index contributed by atoms with van der Waals surface area (Å²) in [5.41, 5.74) is 3.93. The summed E-state index contributed by atoms with van der Waals surface area (Å²) in [4.78, 5) is 18.3. The predicted molar refractivity (Wildman–Crippen MR) is 112 cm³/mol. The van der Waals surface area contributed by atoms with Crippen LogP contribution in [0.5, 0.6) is 0 Å². The number of aliphatic hydroxyl groups excluding tert-OH is 1. The van der Waals surface area contributed by atoms with Gasteiger partial charge in [0.05, 0.1) is 17.2 Å². The lowest BCUT2D eigenvalue weighted by Gasteiger charge is -2.27. The fourth-order valence-corrected chi connectivity index (χ4v) is 4.37. The molecule has 0 radical (unpaired) electrons. The van der Waals surface area contributed by atoms with E-state index in [4.69, 9.17) is 10.00 Å². The van der Waals surface area contributed by atoms with E-state index in [0.717, 1.165) is 48.6 Å². The first kappa shape index (κ1) is 20.3. The van der Waals surface area contributed by atoms with Gasteiger partial charge in [0.1, 0.15) is 18.5 Å². The van der Waals surface area contributed by atoms with Crippen LogP contribution in [-0.4, -0.2) is 47.1 Å².